The topological polar surface area (TPSA) is 57.8 Å². The summed E-state index contributed by atoms with van der Waals surface area (Å²) in [5, 5.41) is 4.10. The van der Waals surface area contributed by atoms with Crippen molar-refractivity contribution in [3.63, 3.8) is 0 Å². The summed E-state index contributed by atoms with van der Waals surface area (Å²) in [6.07, 6.45) is 3.85. The van der Waals surface area contributed by atoms with E-state index in [-0.39, 0.29) is 5.91 Å². The molecule has 0 aliphatic carbocycles. The zero-order valence-corrected chi connectivity index (χ0v) is 12.8. The number of fused-ring (bicyclic) bond motifs is 1. The molecule has 0 bridgehead atoms. The van der Waals surface area contributed by atoms with E-state index in [1.807, 2.05) is 19.1 Å². The normalized spacial score (nSPS) is 10.8. The highest BCUT2D eigenvalue weighted by molar-refractivity contribution is 5.90. The Morgan fingerprint density at radius 2 is 1.95 bits per heavy atom. The van der Waals surface area contributed by atoms with E-state index in [0.29, 0.717) is 13.0 Å². The summed E-state index contributed by atoms with van der Waals surface area (Å²) < 4.78 is 0. The van der Waals surface area contributed by atoms with Crippen LogP contribution in [-0.2, 0) is 17.8 Å². The standard InChI is InChI=1S/C18H19N3O/c1-12-3-4-17-16(9-12)15(13(2)21-17)10-18(22)20-11-14-5-7-19-8-6-14/h3-9,21H,10-11H2,1-2H3,(H,20,22). The second-order valence-corrected chi connectivity index (χ2v) is 5.59. The minimum absolute atomic E-state index is 0.0299. The van der Waals surface area contributed by atoms with Gasteiger partial charge in [-0.05, 0) is 49.2 Å². The summed E-state index contributed by atoms with van der Waals surface area (Å²) in [6, 6.07) is 10.1. The molecule has 112 valence electrons. The Morgan fingerprint density at radius 1 is 1.18 bits per heavy atom. The molecule has 1 amide bonds. The van der Waals surface area contributed by atoms with Crippen molar-refractivity contribution in [1.29, 1.82) is 0 Å². The monoisotopic (exact) mass is 293 g/mol. The van der Waals surface area contributed by atoms with Crippen LogP contribution >= 0.6 is 0 Å². The summed E-state index contributed by atoms with van der Waals surface area (Å²) in [4.78, 5) is 19.5. The summed E-state index contributed by atoms with van der Waals surface area (Å²) >= 11 is 0. The fourth-order valence-corrected chi connectivity index (χ4v) is 2.65. The lowest BCUT2D eigenvalue weighted by Crippen LogP contribution is -2.24. The van der Waals surface area contributed by atoms with Crippen LogP contribution in [0.25, 0.3) is 10.9 Å². The molecule has 0 aliphatic heterocycles. The number of H-pyrrole nitrogens is 1. The Balaban J connectivity index is 1.74. The zero-order chi connectivity index (χ0) is 15.5. The smallest absolute Gasteiger partial charge is 0.224 e. The van der Waals surface area contributed by atoms with Crippen LogP contribution in [0.2, 0.25) is 0 Å². The average Bonchev–Trinajstić information content (AvgIpc) is 2.82. The van der Waals surface area contributed by atoms with Gasteiger partial charge >= 0.3 is 0 Å². The van der Waals surface area contributed by atoms with Gasteiger partial charge in [0.2, 0.25) is 5.91 Å². The molecule has 1 aromatic carbocycles. The number of aromatic amines is 1. The first-order valence-electron chi connectivity index (χ1n) is 7.37. The van der Waals surface area contributed by atoms with E-state index in [1.165, 1.54) is 5.56 Å². The first-order valence-corrected chi connectivity index (χ1v) is 7.37. The number of benzene rings is 1. The Hall–Kier alpha value is -2.62. The van der Waals surface area contributed by atoms with Crippen LogP contribution in [0.5, 0.6) is 0 Å². The molecule has 0 radical (unpaired) electrons. The van der Waals surface area contributed by atoms with Gasteiger partial charge in [0.1, 0.15) is 0 Å². The molecule has 2 aromatic heterocycles. The molecule has 2 N–H and O–H groups in total. The molecule has 3 aromatic rings. The molecule has 0 saturated carbocycles. The van der Waals surface area contributed by atoms with Gasteiger partial charge in [0.05, 0.1) is 6.42 Å². The number of nitrogens with zero attached hydrogens (tertiary/aromatic N) is 1. The Morgan fingerprint density at radius 3 is 2.73 bits per heavy atom. The maximum atomic E-state index is 12.2. The number of carbonyl (C=O) groups excluding carboxylic acids is 1. The third-order valence-corrected chi connectivity index (χ3v) is 3.85. The van der Waals surface area contributed by atoms with Gasteiger partial charge in [-0.3, -0.25) is 9.78 Å². The molecule has 2 heterocycles. The zero-order valence-electron chi connectivity index (χ0n) is 12.8. The predicted molar refractivity (Wildman–Crippen MR) is 87.6 cm³/mol. The number of nitrogens with one attached hydrogen (secondary N) is 2. The molecule has 0 spiro atoms. The number of amides is 1. The third-order valence-electron chi connectivity index (χ3n) is 3.85. The van der Waals surface area contributed by atoms with Gasteiger partial charge in [-0.1, -0.05) is 11.6 Å². The van der Waals surface area contributed by atoms with Gasteiger partial charge < -0.3 is 10.3 Å². The van der Waals surface area contributed by atoms with E-state index in [4.69, 9.17) is 0 Å². The number of aryl methyl sites for hydroxylation is 2. The van der Waals surface area contributed by atoms with Crippen molar-refractivity contribution < 1.29 is 4.79 Å². The van der Waals surface area contributed by atoms with E-state index in [2.05, 4.69) is 40.4 Å². The molecule has 22 heavy (non-hydrogen) atoms. The van der Waals surface area contributed by atoms with Crippen molar-refractivity contribution in [1.82, 2.24) is 15.3 Å². The van der Waals surface area contributed by atoms with Crippen LogP contribution in [0.4, 0.5) is 0 Å². The van der Waals surface area contributed by atoms with Crippen molar-refractivity contribution in [3.8, 4) is 0 Å². The number of hydrogen-bond acceptors (Lipinski definition) is 2. The molecule has 0 saturated heterocycles. The second-order valence-electron chi connectivity index (χ2n) is 5.59. The Kier molecular flexibility index (Phi) is 3.92. The van der Waals surface area contributed by atoms with E-state index < -0.39 is 0 Å². The first-order chi connectivity index (χ1) is 10.6. The molecule has 0 fully saturated rings. The van der Waals surface area contributed by atoms with Crippen LogP contribution in [0.1, 0.15) is 22.4 Å². The largest absolute Gasteiger partial charge is 0.358 e. The van der Waals surface area contributed by atoms with Gasteiger partial charge in [0.15, 0.2) is 0 Å². The summed E-state index contributed by atoms with van der Waals surface area (Å²) in [6.45, 7) is 4.61. The van der Waals surface area contributed by atoms with Gasteiger partial charge in [-0.2, -0.15) is 0 Å². The second kappa shape index (κ2) is 6.02. The number of pyridine rings is 1. The van der Waals surface area contributed by atoms with Crippen LogP contribution in [0, 0.1) is 13.8 Å². The highest BCUT2D eigenvalue weighted by Gasteiger charge is 2.12. The number of aromatic nitrogens is 2. The van der Waals surface area contributed by atoms with E-state index in [0.717, 1.165) is 27.7 Å². The minimum Gasteiger partial charge on any atom is -0.358 e. The summed E-state index contributed by atoms with van der Waals surface area (Å²) in [7, 11) is 0. The predicted octanol–water partition coefficient (Wildman–Crippen LogP) is 3.04. The van der Waals surface area contributed by atoms with E-state index in [9.17, 15) is 4.79 Å². The molecular formula is C18H19N3O. The van der Waals surface area contributed by atoms with E-state index >= 15 is 0 Å². The van der Waals surface area contributed by atoms with Crippen molar-refractivity contribution >= 4 is 16.8 Å². The molecule has 0 aliphatic rings. The van der Waals surface area contributed by atoms with Gasteiger partial charge in [-0.15, -0.1) is 0 Å². The van der Waals surface area contributed by atoms with Crippen molar-refractivity contribution in [3.05, 3.63) is 65.1 Å². The van der Waals surface area contributed by atoms with Gasteiger partial charge in [0, 0.05) is 35.5 Å². The van der Waals surface area contributed by atoms with Crippen molar-refractivity contribution in [2.24, 2.45) is 0 Å². The molecule has 4 heteroatoms. The molecule has 3 rings (SSSR count). The third kappa shape index (κ3) is 3.01. The van der Waals surface area contributed by atoms with Crippen LogP contribution in [-0.4, -0.2) is 15.9 Å². The quantitative estimate of drug-likeness (QED) is 0.777. The van der Waals surface area contributed by atoms with E-state index in [1.54, 1.807) is 12.4 Å². The molecule has 0 unspecified atom stereocenters. The molecule has 0 atom stereocenters. The fourth-order valence-electron chi connectivity index (χ4n) is 2.65. The maximum Gasteiger partial charge on any atom is 0.224 e. The lowest BCUT2D eigenvalue weighted by atomic mass is 10.1. The van der Waals surface area contributed by atoms with Crippen LogP contribution < -0.4 is 5.32 Å². The highest BCUT2D eigenvalue weighted by Crippen LogP contribution is 2.23. The van der Waals surface area contributed by atoms with Crippen molar-refractivity contribution in [2.75, 3.05) is 0 Å². The Bertz CT molecular complexity index is 806. The van der Waals surface area contributed by atoms with Crippen molar-refractivity contribution in [2.45, 2.75) is 26.8 Å². The minimum atomic E-state index is 0.0299. The lowest BCUT2D eigenvalue weighted by molar-refractivity contribution is -0.120. The van der Waals surface area contributed by atoms with Gasteiger partial charge in [0.25, 0.3) is 0 Å². The SMILES string of the molecule is Cc1ccc2[nH]c(C)c(CC(=O)NCc3ccncc3)c2c1. The van der Waals surface area contributed by atoms with Crippen LogP contribution in [0.15, 0.2) is 42.7 Å². The lowest BCUT2D eigenvalue weighted by Gasteiger charge is -2.06. The van der Waals surface area contributed by atoms with Gasteiger partial charge in [-0.25, -0.2) is 0 Å². The summed E-state index contributed by atoms with van der Waals surface area (Å²) in [5.41, 5.74) is 5.46. The maximum absolute atomic E-state index is 12.2. The first kappa shape index (κ1) is 14.3. The van der Waals surface area contributed by atoms with Crippen LogP contribution in [0.3, 0.4) is 0 Å². The highest BCUT2D eigenvalue weighted by atomic mass is 16.1. The number of rotatable bonds is 4. The average molecular weight is 293 g/mol. The molecule has 4 nitrogen and oxygen atoms in total. The summed E-state index contributed by atoms with van der Waals surface area (Å²) in [5.74, 6) is 0.0299. The Labute approximate surface area is 129 Å². The fraction of sp³-hybridized carbons (Fsp3) is 0.222. The number of hydrogen-bond donors (Lipinski definition) is 2. The molecular weight excluding hydrogens is 274 g/mol. The number of carbonyl (C=O) groups is 1.